The van der Waals surface area contributed by atoms with Gasteiger partial charge in [0.05, 0.1) is 0 Å². The summed E-state index contributed by atoms with van der Waals surface area (Å²) in [6, 6.07) is 19.5. The Morgan fingerprint density at radius 1 is 1.04 bits per heavy atom. The largest absolute Gasteiger partial charge is 0.347 e. The van der Waals surface area contributed by atoms with Gasteiger partial charge in [-0.25, -0.2) is 9.97 Å². The van der Waals surface area contributed by atoms with Gasteiger partial charge in [-0.3, -0.25) is 4.79 Å². The van der Waals surface area contributed by atoms with Crippen LogP contribution in [0.5, 0.6) is 0 Å². The van der Waals surface area contributed by atoms with Crippen LogP contribution in [0.3, 0.4) is 0 Å². The molecule has 5 nitrogen and oxygen atoms in total. The molecule has 1 amide bonds. The number of rotatable bonds is 6. The third-order valence-corrected chi connectivity index (χ3v) is 4.20. The summed E-state index contributed by atoms with van der Waals surface area (Å²) in [4.78, 5) is 23.3. The van der Waals surface area contributed by atoms with Crippen LogP contribution in [0.2, 0.25) is 0 Å². The molecule has 2 aromatic carbocycles. The number of carbonyl (C=O) groups excluding carboxylic acids is 1. The SMILES string of the molecule is CCN(c1ccccc1)c1nccc(C(=O)NCc2ccccc2C)n1. The number of aromatic nitrogens is 2. The number of hydrogen-bond donors (Lipinski definition) is 1. The van der Waals surface area contributed by atoms with Crippen molar-refractivity contribution in [3.05, 3.63) is 83.7 Å². The van der Waals surface area contributed by atoms with Crippen molar-refractivity contribution in [1.29, 1.82) is 0 Å². The maximum Gasteiger partial charge on any atom is 0.270 e. The Labute approximate surface area is 153 Å². The van der Waals surface area contributed by atoms with Crippen molar-refractivity contribution in [3.8, 4) is 0 Å². The second-order valence-corrected chi connectivity index (χ2v) is 5.93. The molecule has 3 rings (SSSR count). The van der Waals surface area contributed by atoms with E-state index in [9.17, 15) is 4.79 Å². The molecule has 0 saturated heterocycles. The number of amides is 1. The Morgan fingerprint density at radius 3 is 2.50 bits per heavy atom. The Kier molecular flexibility index (Phi) is 5.59. The summed E-state index contributed by atoms with van der Waals surface area (Å²) in [6.45, 7) is 5.24. The molecule has 26 heavy (non-hydrogen) atoms. The van der Waals surface area contributed by atoms with E-state index in [2.05, 4.69) is 15.3 Å². The molecule has 0 atom stereocenters. The monoisotopic (exact) mass is 346 g/mol. The Morgan fingerprint density at radius 2 is 1.77 bits per heavy atom. The molecule has 1 aromatic heterocycles. The minimum atomic E-state index is -0.207. The van der Waals surface area contributed by atoms with Gasteiger partial charge in [0.25, 0.3) is 5.91 Å². The van der Waals surface area contributed by atoms with E-state index in [4.69, 9.17) is 0 Å². The van der Waals surface area contributed by atoms with Crippen LogP contribution in [0.15, 0.2) is 66.9 Å². The molecule has 3 aromatic rings. The average Bonchev–Trinajstić information content (AvgIpc) is 2.69. The summed E-state index contributed by atoms with van der Waals surface area (Å²) < 4.78 is 0. The highest BCUT2D eigenvalue weighted by Crippen LogP contribution is 2.21. The van der Waals surface area contributed by atoms with Gasteiger partial charge in [0.15, 0.2) is 0 Å². The standard InChI is InChI=1S/C21H22N4O/c1-3-25(18-11-5-4-6-12-18)21-22-14-13-19(24-21)20(26)23-15-17-10-8-7-9-16(17)2/h4-14H,3,15H2,1-2H3,(H,23,26). The van der Waals surface area contributed by atoms with Gasteiger partial charge in [-0.1, -0.05) is 42.5 Å². The lowest BCUT2D eigenvalue weighted by atomic mass is 10.1. The predicted molar refractivity (Wildman–Crippen MR) is 104 cm³/mol. The number of benzene rings is 2. The normalized spacial score (nSPS) is 10.4. The van der Waals surface area contributed by atoms with E-state index in [1.54, 1.807) is 12.3 Å². The van der Waals surface area contributed by atoms with E-state index in [0.717, 1.165) is 16.8 Å². The summed E-state index contributed by atoms with van der Waals surface area (Å²) in [5.41, 5.74) is 3.59. The molecule has 1 heterocycles. The van der Waals surface area contributed by atoms with Gasteiger partial charge in [0, 0.05) is 25.0 Å². The minimum absolute atomic E-state index is 0.207. The molecular formula is C21H22N4O. The Bertz CT molecular complexity index is 880. The van der Waals surface area contributed by atoms with Crippen LogP contribution >= 0.6 is 0 Å². The zero-order chi connectivity index (χ0) is 18.4. The number of para-hydroxylation sites is 1. The molecule has 0 aliphatic heterocycles. The predicted octanol–water partition coefficient (Wildman–Crippen LogP) is 3.87. The zero-order valence-corrected chi connectivity index (χ0v) is 15.0. The number of carbonyl (C=O) groups is 1. The molecule has 1 N–H and O–H groups in total. The highest BCUT2D eigenvalue weighted by molar-refractivity contribution is 5.92. The van der Waals surface area contributed by atoms with E-state index in [0.29, 0.717) is 24.7 Å². The molecule has 0 spiro atoms. The molecular weight excluding hydrogens is 324 g/mol. The van der Waals surface area contributed by atoms with Gasteiger partial charge < -0.3 is 10.2 Å². The number of nitrogens with one attached hydrogen (secondary N) is 1. The first-order valence-electron chi connectivity index (χ1n) is 8.67. The summed E-state index contributed by atoms with van der Waals surface area (Å²) in [5, 5.41) is 2.93. The molecule has 0 bridgehead atoms. The second kappa shape index (κ2) is 8.25. The topological polar surface area (TPSA) is 58.1 Å². The quantitative estimate of drug-likeness (QED) is 0.736. The van der Waals surface area contributed by atoms with Crippen molar-refractivity contribution in [2.45, 2.75) is 20.4 Å². The average molecular weight is 346 g/mol. The van der Waals surface area contributed by atoms with E-state index >= 15 is 0 Å². The van der Waals surface area contributed by atoms with E-state index < -0.39 is 0 Å². The first kappa shape index (κ1) is 17.6. The number of nitrogens with zero attached hydrogens (tertiary/aromatic N) is 3. The summed E-state index contributed by atoms with van der Waals surface area (Å²) in [7, 11) is 0. The molecule has 5 heteroatoms. The van der Waals surface area contributed by atoms with E-state index in [1.165, 1.54) is 0 Å². The first-order valence-corrected chi connectivity index (χ1v) is 8.67. The third-order valence-electron chi connectivity index (χ3n) is 4.20. The van der Waals surface area contributed by atoms with Crippen LogP contribution in [0.1, 0.15) is 28.5 Å². The number of anilines is 2. The molecule has 0 saturated carbocycles. The van der Waals surface area contributed by atoms with Gasteiger partial charge in [0.2, 0.25) is 5.95 Å². The van der Waals surface area contributed by atoms with Crippen LogP contribution in [-0.4, -0.2) is 22.4 Å². The molecule has 0 radical (unpaired) electrons. The van der Waals surface area contributed by atoms with Gasteiger partial charge in [0.1, 0.15) is 5.69 Å². The maximum atomic E-state index is 12.5. The van der Waals surface area contributed by atoms with Crippen molar-refractivity contribution in [2.75, 3.05) is 11.4 Å². The molecule has 0 fully saturated rings. The van der Waals surface area contributed by atoms with Gasteiger partial charge >= 0.3 is 0 Å². The van der Waals surface area contributed by atoms with Gasteiger partial charge in [-0.15, -0.1) is 0 Å². The van der Waals surface area contributed by atoms with Gasteiger partial charge in [-0.05, 0) is 43.2 Å². The molecule has 0 unspecified atom stereocenters. The third kappa shape index (κ3) is 4.06. The molecule has 0 aliphatic carbocycles. The lowest BCUT2D eigenvalue weighted by molar-refractivity contribution is 0.0946. The van der Waals surface area contributed by atoms with Crippen LogP contribution in [0.25, 0.3) is 0 Å². The zero-order valence-electron chi connectivity index (χ0n) is 15.0. The van der Waals surface area contributed by atoms with Crippen LogP contribution in [0, 0.1) is 6.92 Å². The summed E-state index contributed by atoms with van der Waals surface area (Å²) >= 11 is 0. The fourth-order valence-corrected chi connectivity index (χ4v) is 2.73. The van der Waals surface area contributed by atoms with Crippen molar-refractivity contribution < 1.29 is 4.79 Å². The fraction of sp³-hybridized carbons (Fsp3) is 0.190. The Balaban J connectivity index is 1.76. The van der Waals surface area contributed by atoms with Crippen LogP contribution in [0.4, 0.5) is 11.6 Å². The molecule has 132 valence electrons. The van der Waals surface area contributed by atoms with Crippen molar-refractivity contribution in [2.24, 2.45) is 0 Å². The van der Waals surface area contributed by atoms with Crippen molar-refractivity contribution in [3.63, 3.8) is 0 Å². The highest BCUT2D eigenvalue weighted by atomic mass is 16.1. The lowest BCUT2D eigenvalue weighted by Crippen LogP contribution is -2.26. The second-order valence-electron chi connectivity index (χ2n) is 5.93. The van der Waals surface area contributed by atoms with E-state index in [1.807, 2.05) is 73.3 Å². The van der Waals surface area contributed by atoms with Crippen LogP contribution in [-0.2, 0) is 6.54 Å². The summed E-state index contributed by atoms with van der Waals surface area (Å²) in [5.74, 6) is 0.309. The smallest absolute Gasteiger partial charge is 0.270 e. The van der Waals surface area contributed by atoms with Crippen molar-refractivity contribution in [1.82, 2.24) is 15.3 Å². The van der Waals surface area contributed by atoms with Crippen molar-refractivity contribution >= 4 is 17.5 Å². The highest BCUT2D eigenvalue weighted by Gasteiger charge is 2.14. The minimum Gasteiger partial charge on any atom is -0.347 e. The Hall–Kier alpha value is -3.21. The number of hydrogen-bond acceptors (Lipinski definition) is 4. The first-order chi connectivity index (χ1) is 12.7. The van der Waals surface area contributed by atoms with E-state index in [-0.39, 0.29) is 5.91 Å². The summed E-state index contributed by atoms with van der Waals surface area (Å²) in [6.07, 6.45) is 1.62. The maximum absolute atomic E-state index is 12.5. The fourth-order valence-electron chi connectivity index (χ4n) is 2.73. The lowest BCUT2D eigenvalue weighted by Gasteiger charge is -2.21. The van der Waals surface area contributed by atoms with Gasteiger partial charge in [-0.2, -0.15) is 0 Å². The number of aryl methyl sites for hydroxylation is 1. The van der Waals surface area contributed by atoms with Crippen LogP contribution < -0.4 is 10.2 Å². The molecule has 0 aliphatic rings.